The van der Waals surface area contributed by atoms with Crippen molar-refractivity contribution in [1.82, 2.24) is 10.6 Å². The number of carbonyl (C=O) groups is 3. The zero-order chi connectivity index (χ0) is 20.0. The lowest BCUT2D eigenvalue weighted by Crippen LogP contribution is -2.47. The Bertz CT molecular complexity index is 829. The first-order valence-electron chi connectivity index (χ1n) is 8.82. The molecule has 3 amide bonds. The van der Waals surface area contributed by atoms with Gasteiger partial charge in [-0.15, -0.1) is 0 Å². The number of carbonyl (C=O) groups excluding carboxylic acids is 3. The van der Waals surface area contributed by atoms with Crippen molar-refractivity contribution >= 4 is 23.4 Å². The first-order chi connectivity index (χ1) is 12.8. The number of hydrogen-bond acceptors (Lipinski definition) is 3. The van der Waals surface area contributed by atoms with Gasteiger partial charge in [0.15, 0.2) is 0 Å². The molecule has 0 bridgehead atoms. The molecule has 0 aliphatic carbocycles. The number of hydrogen-bond donors (Lipinski definition) is 3. The number of nitrogens with one attached hydrogen (secondary N) is 3. The van der Waals surface area contributed by atoms with E-state index in [-0.39, 0.29) is 23.6 Å². The predicted octanol–water partition coefficient (Wildman–Crippen LogP) is 2.75. The predicted molar refractivity (Wildman–Crippen MR) is 106 cm³/mol. The van der Waals surface area contributed by atoms with Crippen LogP contribution in [0.5, 0.6) is 0 Å². The molecule has 0 aliphatic rings. The number of benzene rings is 2. The molecule has 27 heavy (non-hydrogen) atoms. The second kappa shape index (κ2) is 8.98. The van der Waals surface area contributed by atoms with Gasteiger partial charge in [0.25, 0.3) is 11.8 Å². The zero-order valence-corrected chi connectivity index (χ0v) is 16.0. The van der Waals surface area contributed by atoms with Crippen LogP contribution in [0.4, 0.5) is 5.69 Å². The van der Waals surface area contributed by atoms with Crippen molar-refractivity contribution in [1.29, 1.82) is 0 Å². The summed E-state index contributed by atoms with van der Waals surface area (Å²) in [5.74, 6) is -0.983. The van der Waals surface area contributed by atoms with E-state index < -0.39 is 6.04 Å². The van der Waals surface area contributed by atoms with Crippen LogP contribution in [-0.4, -0.2) is 30.8 Å². The first kappa shape index (κ1) is 20.2. The van der Waals surface area contributed by atoms with Gasteiger partial charge in [-0.2, -0.15) is 0 Å². The lowest BCUT2D eigenvalue weighted by atomic mass is 10.0. The molecular weight excluding hydrogens is 342 g/mol. The van der Waals surface area contributed by atoms with E-state index in [0.29, 0.717) is 16.8 Å². The smallest absolute Gasteiger partial charge is 0.251 e. The van der Waals surface area contributed by atoms with E-state index in [2.05, 4.69) is 16.0 Å². The maximum absolute atomic E-state index is 12.7. The van der Waals surface area contributed by atoms with Crippen molar-refractivity contribution in [3.8, 4) is 0 Å². The zero-order valence-electron chi connectivity index (χ0n) is 16.0. The summed E-state index contributed by atoms with van der Waals surface area (Å²) in [4.78, 5) is 36.9. The average molecular weight is 367 g/mol. The van der Waals surface area contributed by atoms with Crippen LogP contribution >= 0.6 is 0 Å². The van der Waals surface area contributed by atoms with Crippen molar-refractivity contribution in [2.24, 2.45) is 5.92 Å². The molecule has 0 saturated heterocycles. The van der Waals surface area contributed by atoms with Gasteiger partial charge in [-0.05, 0) is 43.2 Å². The normalized spacial score (nSPS) is 11.6. The number of anilines is 1. The van der Waals surface area contributed by atoms with Crippen LogP contribution in [0.1, 0.15) is 40.1 Å². The number of amides is 3. The lowest BCUT2D eigenvalue weighted by Gasteiger charge is -2.22. The van der Waals surface area contributed by atoms with Gasteiger partial charge in [-0.3, -0.25) is 14.4 Å². The van der Waals surface area contributed by atoms with Gasteiger partial charge in [0.2, 0.25) is 5.91 Å². The van der Waals surface area contributed by atoms with Crippen molar-refractivity contribution < 1.29 is 14.4 Å². The fourth-order valence-electron chi connectivity index (χ4n) is 2.57. The fraction of sp³-hybridized carbons (Fsp3) is 0.286. The first-order valence-corrected chi connectivity index (χ1v) is 8.82. The minimum atomic E-state index is -0.706. The molecule has 2 rings (SSSR count). The average Bonchev–Trinajstić information content (AvgIpc) is 2.65. The highest BCUT2D eigenvalue weighted by Crippen LogP contribution is 2.13. The Balaban J connectivity index is 2.12. The lowest BCUT2D eigenvalue weighted by molar-refractivity contribution is -0.118. The van der Waals surface area contributed by atoms with Gasteiger partial charge in [-0.25, -0.2) is 0 Å². The Kier molecular flexibility index (Phi) is 6.71. The van der Waals surface area contributed by atoms with Crippen LogP contribution in [0.25, 0.3) is 0 Å². The third kappa shape index (κ3) is 5.41. The van der Waals surface area contributed by atoms with Gasteiger partial charge in [-0.1, -0.05) is 37.6 Å². The quantitative estimate of drug-likeness (QED) is 0.734. The van der Waals surface area contributed by atoms with Crippen molar-refractivity contribution in [2.45, 2.75) is 26.8 Å². The molecule has 142 valence electrons. The largest absolute Gasteiger partial charge is 0.355 e. The molecular formula is C21H25N3O3. The molecule has 0 radical (unpaired) electrons. The summed E-state index contributed by atoms with van der Waals surface area (Å²) in [5.41, 5.74) is 2.50. The number of rotatable bonds is 6. The van der Waals surface area contributed by atoms with Gasteiger partial charge < -0.3 is 16.0 Å². The van der Waals surface area contributed by atoms with E-state index in [1.165, 1.54) is 0 Å². The third-order valence-corrected chi connectivity index (χ3v) is 4.17. The van der Waals surface area contributed by atoms with E-state index in [0.717, 1.165) is 5.56 Å². The molecule has 2 aromatic rings. The maximum Gasteiger partial charge on any atom is 0.251 e. The highest BCUT2D eigenvalue weighted by molar-refractivity contribution is 6.02. The van der Waals surface area contributed by atoms with E-state index >= 15 is 0 Å². The molecule has 0 fully saturated rings. The monoisotopic (exact) mass is 367 g/mol. The molecule has 2 aromatic carbocycles. The van der Waals surface area contributed by atoms with Crippen LogP contribution in [-0.2, 0) is 4.79 Å². The fourth-order valence-corrected chi connectivity index (χ4v) is 2.57. The van der Waals surface area contributed by atoms with E-state index in [4.69, 9.17) is 0 Å². The van der Waals surface area contributed by atoms with Crippen molar-refractivity contribution in [2.75, 3.05) is 12.4 Å². The SMILES string of the molecule is CNC(=O)c1cccc(NC(=O)C(NC(=O)c2ccc(C)cc2)C(C)C)c1. The summed E-state index contributed by atoms with van der Waals surface area (Å²) in [6.07, 6.45) is 0. The molecule has 1 atom stereocenters. The van der Waals surface area contributed by atoms with E-state index in [1.807, 2.05) is 32.9 Å². The summed E-state index contributed by atoms with van der Waals surface area (Å²) in [5, 5.41) is 8.11. The standard InChI is InChI=1S/C21H25N3O3/c1-13(2)18(24-20(26)15-10-8-14(3)9-11-15)21(27)23-17-7-5-6-16(12-17)19(25)22-4/h5-13,18H,1-4H3,(H,22,25)(H,23,27)(H,24,26). The maximum atomic E-state index is 12.7. The Morgan fingerprint density at radius 1 is 0.889 bits per heavy atom. The summed E-state index contributed by atoms with van der Waals surface area (Å²) >= 11 is 0. The summed E-state index contributed by atoms with van der Waals surface area (Å²) in [6.45, 7) is 5.67. The van der Waals surface area contributed by atoms with Crippen molar-refractivity contribution in [3.63, 3.8) is 0 Å². The van der Waals surface area contributed by atoms with E-state index in [1.54, 1.807) is 43.4 Å². The molecule has 0 saturated carbocycles. The summed E-state index contributed by atoms with van der Waals surface area (Å²) in [7, 11) is 1.54. The minimum Gasteiger partial charge on any atom is -0.355 e. The molecule has 6 heteroatoms. The van der Waals surface area contributed by atoms with Crippen LogP contribution in [0.3, 0.4) is 0 Å². The minimum absolute atomic E-state index is 0.110. The van der Waals surface area contributed by atoms with Gasteiger partial charge >= 0.3 is 0 Å². The highest BCUT2D eigenvalue weighted by Gasteiger charge is 2.25. The Labute approximate surface area is 159 Å². The number of aryl methyl sites for hydroxylation is 1. The second-order valence-electron chi connectivity index (χ2n) is 6.71. The Morgan fingerprint density at radius 3 is 2.15 bits per heavy atom. The van der Waals surface area contributed by atoms with E-state index in [9.17, 15) is 14.4 Å². The second-order valence-corrected chi connectivity index (χ2v) is 6.71. The summed E-state index contributed by atoms with van der Waals surface area (Å²) in [6, 6.07) is 13.1. The van der Waals surface area contributed by atoms with Crippen molar-refractivity contribution in [3.05, 3.63) is 65.2 Å². The van der Waals surface area contributed by atoms with Gasteiger partial charge in [0, 0.05) is 23.9 Å². The molecule has 0 aliphatic heterocycles. The van der Waals surface area contributed by atoms with Crippen LogP contribution in [0.2, 0.25) is 0 Å². The highest BCUT2D eigenvalue weighted by atomic mass is 16.2. The van der Waals surface area contributed by atoms with Crippen LogP contribution in [0.15, 0.2) is 48.5 Å². The molecule has 0 aromatic heterocycles. The molecule has 1 unspecified atom stereocenters. The molecule has 0 spiro atoms. The molecule has 0 heterocycles. The Hall–Kier alpha value is -3.15. The van der Waals surface area contributed by atoms with Gasteiger partial charge in [0.1, 0.15) is 6.04 Å². The van der Waals surface area contributed by atoms with Gasteiger partial charge in [0.05, 0.1) is 0 Å². The Morgan fingerprint density at radius 2 is 1.56 bits per heavy atom. The summed E-state index contributed by atoms with van der Waals surface area (Å²) < 4.78 is 0. The molecule has 6 nitrogen and oxygen atoms in total. The van der Waals surface area contributed by atoms with Crippen LogP contribution < -0.4 is 16.0 Å². The molecule has 3 N–H and O–H groups in total. The third-order valence-electron chi connectivity index (χ3n) is 4.17. The van der Waals surface area contributed by atoms with Crippen LogP contribution in [0, 0.1) is 12.8 Å². The topological polar surface area (TPSA) is 87.3 Å².